The molecule has 1 atom stereocenters. The number of fused-ring (bicyclic) bond motifs is 1. The van der Waals surface area contributed by atoms with Crippen LogP contribution < -0.4 is 19.7 Å². The molecule has 0 saturated heterocycles. The van der Waals surface area contributed by atoms with Crippen LogP contribution in [0.5, 0.6) is 11.5 Å². The number of hydrogen-bond donors (Lipinski definition) is 1. The first-order chi connectivity index (χ1) is 19.4. The highest BCUT2D eigenvalue weighted by Gasteiger charge is 2.36. The van der Waals surface area contributed by atoms with Gasteiger partial charge in [-0.2, -0.15) is 0 Å². The van der Waals surface area contributed by atoms with Gasteiger partial charge < -0.3 is 14.8 Å². The first kappa shape index (κ1) is 27.2. The lowest BCUT2D eigenvalue weighted by atomic mass is 9.98. The minimum Gasteiger partial charge on any atom is -0.497 e. The quantitative estimate of drug-likeness (QED) is 0.324. The molecule has 1 aliphatic carbocycles. The monoisotopic (exact) mass is 541 g/mol. The van der Waals surface area contributed by atoms with Crippen LogP contribution in [0.4, 0.5) is 5.69 Å². The Morgan fingerprint density at radius 1 is 0.975 bits per heavy atom. The Bertz CT molecular complexity index is 1480. The predicted molar refractivity (Wildman–Crippen MR) is 154 cm³/mol. The summed E-state index contributed by atoms with van der Waals surface area (Å²) in [4.78, 5) is 30.3. The lowest BCUT2D eigenvalue weighted by Gasteiger charge is -2.34. The molecular weight excluding hydrogens is 506 g/mol. The maximum Gasteiger partial charge on any atom is 0.249 e. The summed E-state index contributed by atoms with van der Waals surface area (Å²) in [6, 6.07) is 17.8. The standard InChI is InChI=1S/C31H35N5O4/c1-20-10-9-11-21(2)29(20)36(28(37)19-35-27-15-8-7-14-26(27)33-34-35)30(31(38)32-23-12-5-6-13-23)22-16-24(39-3)18-25(17-22)40-4/h7-11,14-18,23,30H,5-6,12-13,19H2,1-4H3,(H,32,38)/t30-/m1/s1. The number of carbonyl (C=O) groups is 2. The summed E-state index contributed by atoms with van der Waals surface area (Å²) in [5, 5.41) is 11.7. The molecule has 0 aliphatic heterocycles. The van der Waals surface area contributed by atoms with E-state index in [0.29, 0.717) is 28.3 Å². The lowest BCUT2D eigenvalue weighted by molar-refractivity contribution is -0.127. The van der Waals surface area contributed by atoms with Crippen molar-refractivity contribution >= 4 is 28.5 Å². The van der Waals surface area contributed by atoms with Gasteiger partial charge in [0.15, 0.2) is 0 Å². The topological polar surface area (TPSA) is 98.6 Å². The second kappa shape index (κ2) is 11.8. The highest BCUT2D eigenvalue weighted by Crippen LogP contribution is 2.37. The van der Waals surface area contributed by atoms with Crippen LogP contribution in [0, 0.1) is 13.8 Å². The van der Waals surface area contributed by atoms with Crippen LogP contribution >= 0.6 is 0 Å². The number of aryl methyl sites for hydroxylation is 2. The molecule has 3 aromatic carbocycles. The van der Waals surface area contributed by atoms with E-state index in [1.165, 1.54) is 0 Å². The van der Waals surface area contributed by atoms with Crippen molar-refractivity contribution in [2.45, 2.75) is 58.2 Å². The summed E-state index contributed by atoms with van der Waals surface area (Å²) < 4.78 is 12.7. The molecule has 1 aromatic heterocycles. The Morgan fingerprint density at radius 3 is 2.27 bits per heavy atom. The fraction of sp³-hybridized carbons (Fsp3) is 0.355. The van der Waals surface area contributed by atoms with Gasteiger partial charge in [-0.1, -0.05) is 48.4 Å². The van der Waals surface area contributed by atoms with E-state index in [1.54, 1.807) is 42.0 Å². The second-order valence-electron chi connectivity index (χ2n) is 10.3. The zero-order valence-corrected chi connectivity index (χ0v) is 23.4. The molecule has 0 bridgehead atoms. The van der Waals surface area contributed by atoms with Crippen LogP contribution in [0.15, 0.2) is 60.7 Å². The molecule has 5 rings (SSSR count). The number of nitrogens with one attached hydrogen (secondary N) is 1. The maximum atomic E-state index is 14.4. The number of ether oxygens (including phenoxy) is 2. The summed E-state index contributed by atoms with van der Waals surface area (Å²) in [6.45, 7) is 3.81. The molecular formula is C31H35N5O4. The van der Waals surface area contributed by atoms with Crippen molar-refractivity contribution in [3.63, 3.8) is 0 Å². The van der Waals surface area contributed by atoms with E-state index in [9.17, 15) is 9.59 Å². The third-order valence-electron chi connectivity index (χ3n) is 7.55. The normalized spacial score (nSPS) is 14.2. The zero-order valence-electron chi connectivity index (χ0n) is 23.4. The van der Waals surface area contributed by atoms with Crippen molar-refractivity contribution in [3.05, 3.63) is 77.4 Å². The van der Waals surface area contributed by atoms with E-state index in [2.05, 4.69) is 15.6 Å². The Hall–Kier alpha value is -4.40. The molecule has 1 heterocycles. The summed E-state index contributed by atoms with van der Waals surface area (Å²) >= 11 is 0. The average molecular weight is 542 g/mol. The average Bonchev–Trinajstić information content (AvgIpc) is 3.62. The van der Waals surface area contributed by atoms with Gasteiger partial charge in [0.2, 0.25) is 11.8 Å². The third kappa shape index (κ3) is 5.50. The molecule has 1 saturated carbocycles. The third-order valence-corrected chi connectivity index (χ3v) is 7.55. The number of rotatable bonds is 9. The first-order valence-electron chi connectivity index (χ1n) is 13.6. The van der Waals surface area contributed by atoms with Gasteiger partial charge >= 0.3 is 0 Å². The van der Waals surface area contributed by atoms with Gasteiger partial charge in [0, 0.05) is 12.1 Å². The van der Waals surface area contributed by atoms with Crippen LogP contribution in [0.1, 0.15) is 48.4 Å². The van der Waals surface area contributed by atoms with Crippen molar-refractivity contribution in [3.8, 4) is 11.5 Å². The molecule has 0 radical (unpaired) electrons. The number of hydrogen-bond acceptors (Lipinski definition) is 6. The molecule has 0 spiro atoms. The lowest BCUT2D eigenvalue weighted by Crippen LogP contribution is -2.47. The fourth-order valence-corrected chi connectivity index (χ4v) is 5.58. The Balaban J connectivity index is 1.66. The number of benzene rings is 3. The van der Waals surface area contributed by atoms with Crippen LogP contribution in [0.25, 0.3) is 11.0 Å². The zero-order chi connectivity index (χ0) is 28.2. The van der Waals surface area contributed by atoms with Crippen LogP contribution in [-0.2, 0) is 16.1 Å². The number of carbonyl (C=O) groups excluding carboxylic acids is 2. The smallest absolute Gasteiger partial charge is 0.249 e. The van der Waals surface area contributed by atoms with Gasteiger partial charge in [-0.05, 0) is 67.6 Å². The van der Waals surface area contributed by atoms with Crippen molar-refractivity contribution in [1.82, 2.24) is 20.3 Å². The molecule has 1 N–H and O–H groups in total. The number of aromatic nitrogens is 3. The van der Waals surface area contributed by atoms with Gasteiger partial charge in [-0.15, -0.1) is 5.10 Å². The van der Waals surface area contributed by atoms with E-state index in [4.69, 9.17) is 9.47 Å². The Morgan fingerprint density at radius 2 is 1.62 bits per heavy atom. The van der Waals surface area contributed by atoms with E-state index >= 15 is 0 Å². The van der Waals surface area contributed by atoms with E-state index in [1.807, 2.05) is 56.3 Å². The molecule has 40 heavy (non-hydrogen) atoms. The molecule has 9 nitrogen and oxygen atoms in total. The van der Waals surface area contributed by atoms with Crippen LogP contribution in [0.2, 0.25) is 0 Å². The summed E-state index contributed by atoms with van der Waals surface area (Å²) in [5.41, 5.74) is 4.47. The summed E-state index contributed by atoms with van der Waals surface area (Å²) in [5.74, 6) is 0.524. The number of nitrogens with zero attached hydrogens (tertiary/aromatic N) is 4. The predicted octanol–water partition coefficient (Wildman–Crippen LogP) is 4.90. The maximum absolute atomic E-state index is 14.4. The van der Waals surface area contributed by atoms with Gasteiger partial charge in [0.05, 0.1) is 25.4 Å². The van der Waals surface area contributed by atoms with Crippen LogP contribution in [0.3, 0.4) is 0 Å². The second-order valence-corrected chi connectivity index (χ2v) is 10.3. The molecule has 2 amide bonds. The Kier molecular flexibility index (Phi) is 8.00. The SMILES string of the molecule is COc1cc(OC)cc([C@H](C(=O)NC2CCCC2)N(C(=O)Cn2nnc3ccccc32)c2c(C)cccc2C)c1. The highest BCUT2D eigenvalue weighted by atomic mass is 16.5. The van der Waals surface area contributed by atoms with Crippen LogP contribution in [-0.4, -0.2) is 47.1 Å². The summed E-state index contributed by atoms with van der Waals surface area (Å²) in [6.07, 6.45) is 3.98. The molecule has 1 aliphatic rings. The number of amides is 2. The largest absolute Gasteiger partial charge is 0.497 e. The Labute approximate surface area is 234 Å². The van der Waals surface area contributed by atoms with E-state index in [0.717, 1.165) is 42.3 Å². The number of para-hydroxylation sites is 2. The van der Waals surface area contributed by atoms with Gasteiger partial charge in [0.1, 0.15) is 29.6 Å². The number of methoxy groups -OCH3 is 2. The van der Waals surface area contributed by atoms with Gasteiger partial charge in [-0.25, -0.2) is 4.68 Å². The van der Waals surface area contributed by atoms with Crippen molar-refractivity contribution < 1.29 is 19.1 Å². The molecule has 4 aromatic rings. The molecule has 0 unspecified atom stereocenters. The molecule has 1 fully saturated rings. The van der Waals surface area contributed by atoms with Crippen molar-refractivity contribution in [2.75, 3.05) is 19.1 Å². The minimum absolute atomic E-state index is 0.0664. The highest BCUT2D eigenvalue weighted by molar-refractivity contribution is 6.02. The van der Waals surface area contributed by atoms with Crippen molar-refractivity contribution in [2.24, 2.45) is 0 Å². The van der Waals surface area contributed by atoms with Crippen molar-refractivity contribution in [1.29, 1.82) is 0 Å². The first-order valence-corrected chi connectivity index (χ1v) is 13.6. The van der Waals surface area contributed by atoms with E-state index in [-0.39, 0.29) is 24.4 Å². The molecule has 9 heteroatoms. The van der Waals surface area contributed by atoms with Gasteiger partial charge in [0.25, 0.3) is 0 Å². The minimum atomic E-state index is -0.980. The van der Waals surface area contributed by atoms with Gasteiger partial charge in [-0.3, -0.25) is 14.5 Å². The van der Waals surface area contributed by atoms with E-state index < -0.39 is 6.04 Å². The number of anilines is 1. The molecule has 208 valence electrons. The fourth-order valence-electron chi connectivity index (χ4n) is 5.58. The summed E-state index contributed by atoms with van der Waals surface area (Å²) in [7, 11) is 3.13.